The fourth-order valence-corrected chi connectivity index (χ4v) is 1.90. The van der Waals surface area contributed by atoms with Crippen molar-refractivity contribution in [2.45, 2.75) is 26.5 Å². The van der Waals surface area contributed by atoms with Crippen molar-refractivity contribution in [1.29, 1.82) is 0 Å². The smallest absolute Gasteiger partial charge is 0.413 e. The molecular weight excluding hydrogens is 286 g/mol. The zero-order valence-corrected chi connectivity index (χ0v) is 12.2. The first-order chi connectivity index (χ1) is 10.6. The number of carboxylic acids is 1. The van der Waals surface area contributed by atoms with Gasteiger partial charge < -0.3 is 9.84 Å². The Balaban J connectivity index is 1.96. The largest absolute Gasteiger partial charge is 0.477 e. The number of rotatable bonds is 6. The first kappa shape index (κ1) is 15.6. The maximum atomic E-state index is 11.7. The van der Waals surface area contributed by atoms with E-state index in [-0.39, 0.29) is 18.1 Å². The number of aryl methyl sites for hydroxylation is 1. The predicted octanol–water partition coefficient (Wildman–Crippen LogP) is 2.74. The second kappa shape index (κ2) is 7.26. The zero-order chi connectivity index (χ0) is 15.9. The number of anilines is 1. The van der Waals surface area contributed by atoms with Crippen molar-refractivity contribution < 1.29 is 19.4 Å². The molecule has 0 bridgehead atoms. The average molecular weight is 303 g/mol. The Morgan fingerprint density at radius 1 is 1.32 bits per heavy atom. The zero-order valence-electron chi connectivity index (χ0n) is 12.2. The highest BCUT2D eigenvalue weighted by molar-refractivity contribution is 5.89. The lowest BCUT2D eigenvalue weighted by Gasteiger charge is -2.05. The van der Waals surface area contributed by atoms with Gasteiger partial charge in [0, 0.05) is 12.6 Å². The molecule has 1 amide bonds. The van der Waals surface area contributed by atoms with Gasteiger partial charge in [-0.2, -0.15) is 5.10 Å². The van der Waals surface area contributed by atoms with Gasteiger partial charge in [0.05, 0.1) is 0 Å². The van der Waals surface area contributed by atoms with Crippen molar-refractivity contribution in [2.75, 3.05) is 5.32 Å². The van der Waals surface area contributed by atoms with Gasteiger partial charge in [0.25, 0.3) is 0 Å². The van der Waals surface area contributed by atoms with E-state index in [4.69, 9.17) is 9.84 Å². The Labute approximate surface area is 127 Å². The van der Waals surface area contributed by atoms with Crippen molar-refractivity contribution in [1.82, 2.24) is 9.78 Å². The Bertz CT molecular complexity index is 652. The first-order valence-corrected chi connectivity index (χ1v) is 6.89. The number of aromatic carboxylic acids is 1. The van der Waals surface area contributed by atoms with Gasteiger partial charge in [-0.1, -0.05) is 37.3 Å². The van der Waals surface area contributed by atoms with Gasteiger partial charge in [-0.05, 0) is 12.0 Å². The number of nitrogens with one attached hydrogen (secondary N) is 1. The lowest BCUT2D eigenvalue weighted by atomic mass is 10.2. The average Bonchev–Trinajstić information content (AvgIpc) is 2.89. The van der Waals surface area contributed by atoms with Gasteiger partial charge in [0.2, 0.25) is 0 Å². The Hall–Kier alpha value is -2.83. The van der Waals surface area contributed by atoms with Crippen molar-refractivity contribution in [3.8, 4) is 0 Å². The number of aromatic nitrogens is 2. The van der Waals surface area contributed by atoms with Crippen LogP contribution in [0.1, 0.15) is 29.4 Å². The Morgan fingerprint density at radius 3 is 2.68 bits per heavy atom. The fraction of sp³-hybridized carbons (Fsp3) is 0.267. The summed E-state index contributed by atoms with van der Waals surface area (Å²) in [6.45, 7) is 2.51. The molecule has 0 radical (unpaired) electrons. The second-order valence-corrected chi connectivity index (χ2v) is 4.63. The SMILES string of the molecule is CCCn1nc(NC(=O)OCc2ccccc2)cc1C(=O)O. The number of nitrogens with zero attached hydrogens (tertiary/aromatic N) is 2. The molecule has 0 saturated carbocycles. The third-order valence-electron chi connectivity index (χ3n) is 2.88. The lowest BCUT2D eigenvalue weighted by molar-refractivity contribution is 0.0683. The van der Waals surface area contributed by atoms with Crippen LogP contribution >= 0.6 is 0 Å². The minimum Gasteiger partial charge on any atom is -0.477 e. The van der Waals surface area contributed by atoms with Crippen molar-refractivity contribution in [3.63, 3.8) is 0 Å². The third-order valence-corrected chi connectivity index (χ3v) is 2.88. The molecule has 116 valence electrons. The van der Waals surface area contributed by atoms with Crippen LogP contribution in [0.4, 0.5) is 10.6 Å². The quantitative estimate of drug-likeness (QED) is 0.855. The maximum Gasteiger partial charge on any atom is 0.413 e. The summed E-state index contributed by atoms with van der Waals surface area (Å²) in [5.74, 6) is -0.935. The second-order valence-electron chi connectivity index (χ2n) is 4.63. The molecule has 2 N–H and O–H groups in total. The number of benzene rings is 1. The van der Waals surface area contributed by atoms with Crippen LogP contribution in [0.2, 0.25) is 0 Å². The van der Waals surface area contributed by atoms with Gasteiger partial charge in [0.15, 0.2) is 5.82 Å². The summed E-state index contributed by atoms with van der Waals surface area (Å²) in [4.78, 5) is 22.8. The monoisotopic (exact) mass is 303 g/mol. The van der Waals surface area contributed by atoms with Gasteiger partial charge in [-0.15, -0.1) is 0 Å². The minimum atomic E-state index is -1.09. The summed E-state index contributed by atoms with van der Waals surface area (Å²) in [5, 5.41) is 15.6. The van der Waals surface area contributed by atoms with Crippen LogP contribution in [0, 0.1) is 0 Å². The number of amides is 1. The van der Waals surface area contributed by atoms with Crippen LogP contribution in [0.5, 0.6) is 0 Å². The molecule has 1 aromatic heterocycles. The summed E-state index contributed by atoms with van der Waals surface area (Å²) in [7, 11) is 0. The van der Waals surface area contributed by atoms with Crippen LogP contribution < -0.4 is 5.32 Å². The van der Waals surface area contributed by atoms with Crippen LogP contribution in [0.15, 0.2) is 36.4 Å². The molecule has 0 aliphatic rings. The molecule has 2 aromatic rings. The number of hydrogen-bond acceptors (Lipinski definition) is 4. The molecule has 0 spiro atoms. The Kier molecular flexibility index (Phi) is 5.13. The van der Waals surface area contributed by atoms with Gasteiger partial charge >= 0.3 is 12.1 Å². The van der Waals surface area contributed by atoms with Crippen molar-refractivity contribution in [3.05, 3.63) is 47.7 Å². The van der Waals surface area contributed by atoms with Crippen LogP contribution in [0.25, 0.3) is 0 Å². The van der Waals surface area contributed by atoms with E-state index >= 15 is 0 Å². The van der Waals surface area contributed by atoms with Crippen LogP contribution in [-0.2, 0) is 17.9 Å². The van der Waals surface area contributed by atoms with Gasteiger partial charge in [0.1, 0.15) is 12.3 Å². The van der Waals surface area contributed by atoms with Gasteiger partial charge in [-0.25, -0.2) is 9.59 Å². The topological polar surface area (TPSA) is 93.5 Å². The number of ether oxygens (including phenoxy) is 1. The van der Waals surface area contributed by atoms with E-state index in [9.17, 15) is 9.59 Å². The molecule has 0 aliphatic heterocycles. The molecule has 0 saturated heterocycles. The van der Waals surface area contributed by atoms with Crippen LogP contribution in [-0.4, -0.2) is 26.9 Å². The molecule has 7 heteroatoms. The number of hydrogen-bond donors (Lipinski definition) is 2. The number of carbonyl (C=O) groups excluding carboxylic acids is 1. The first-order valence-electron chi connectivity index (χ1n) is 6.89. The summed E-state index contributed by atoms with van der Waals surface area (Å²) in [6, 6.07) is 10.6. The molecule has 0 unspecified atom stereocenters. The molecule has 22 heavy (non-hydrogen) atoms. The standard InChI is InChI=1S/C15H17N3O4/c1-2-8-18-12(14(19)20)9-13(17-18)16-15(21)22-10-11-6-4-3-5-7-11/h3-7,9H,2,8,10H2,1H3,(H,19,20)(H,16,17,21). The summed E-state index contributed by atoms with van der Waals surface area (Å²) < 4.78 is 6.40. The van der Waals surface area contributed by atoms with Crippen LogP contribution in [0.3, 0.4) is 0 Å². The van der Waals surface area contributed by atoms with E-state index < -0.39 is 12.1 Å². The molecule has 7 nitrogen and oxygen atoms in total. The minimum absolute atomic E-state index is 0.0280. The molecule has 1 heterocycles. The summed E-state index contributed by atoms with van der Waals surface area (Å²) in [6.07, 6.45) is 0.0572. The maximum absolute atomic E-state index is 11.7. The highest BCUT2D eigenvalue weighted by Gasteiger charge is 2.15. The predicted molar refractivity (Wildman–Crippen MR) is 79.7 cm³/mol. The fourth-order valence-electron chi connectivity index (χ4n) is 1.90. The number of carbonyl (C=O) groups is 2. The van der Waals surface area contributed by atoms with Gasteiger partial charge in [-0.3, -0.25) is 10.00 Å². The van der Waals surface area contributed by atoms with E-state index in [1.54, 1.807) is 0 Å². The highest BCUT2D eigenvalue weighted by Crippen LogP contribution is 2.11. The molecule has 0 aliphatic carbocycles. The Morgan fingerprint density at radius 2 is 2.05 bits per heavy atom. The normalized spacial score (nSPS) is 10.2. The lowest BCUT2D eigenvalue weighted by Crippen LogP contribution is -2.14. The van der Waals surface area contributed by atoms with E-state index in [2.05, 4.69) is 10.4 Å². The number of carboxylic acid groups (broad SMARTS) is 1. The molecular formula is C15H17N3O4. The highest BCUT2D eigenvalue weighted by atomic mass is 16.5. The molecule has 0 fully saturated rings. The summed E-state index contributed by atoms with van der Waals surface area (Å²) >= 11 is 0. The van der Waals surface area contributed by atoms with E-state index in [0.717, 1.165) is 12.0 Å². The molecule has 0 atom stereocenters. The van der Waals surface area contributed by atoms with Crippen molar-refractivity contribution >= 4 is 17.9 Å². The summed E-state index contributed by atoms with van der Waals surface area (Å²) in [5.41, 5.74) is 0.889. The molecule has 2 rings (SSSR count). The van der Waals surface area contributed by atoms with Crippen molar-refractivity contribution in [2.24, 2.45) is 0 Å². The van der Waals surface area contributed by atoms with E-state index in [0.29, 0.717) is 6.54 Å². The molecule has 1 aromatic carbocycles. The third kappa shape index (κ3) is 4.08. The van der Waals surface area contributed by atoms with E-state index in [1.165, 1.54) is 10.7 Å². The van der Waals surface area contributed by atoms with E-state index in [1.807, 2.05) is 37.3 Å².